The maximum absolute atomic E-state index is 11.0. The van der Waals surface area contributed by atoms with Crippen LogP contribution in [0.5, 0.6) is 0 Å². The Hall–Kier alpha value is -0.610. The van der Waals surface area contributed by atoms with Gasteiger partial charge in [-0.3, -0.25) is 4.79 Å². The van der Waals surface area contributed by atoms with Gasteiger partial charge < -0.3 is 15.8 Å². The van der Waals surface area contributed by atoms with E-state index in [9.17, 15) is 4.79 Å². The molecule has 0 aliphatic rings. The molecule has 0 fully saturated rings. The van der Waals surface area contributed by atoms with Crippen molar-refractivity contribution in [2.45, 2.75) is 32.8 Å². The summed E-state index contributed by atoms with van der Waals surface area (Å²) in [7, 11) is 0. The summed E-state index contributed by atoms with van der Waals surface area (Å²) in [6, 6.07) is 0. The van der Waals surface area contributed by atoms with Crippen molar-refractivity contribution < 1.29 is 9.53 Å². The van der Waals surface area contributed by atoms with E-state index in [1.807, 2.05) is 13.8 Å². The van der Waals surface area contributed by atoms with Crippen molar-refractivity contribution in [1.29, 1.82) is 0 Å². The number of rotatable bonds is 7. The summed E-state index contributed by atoms with van der Waals surface area (Å²) < 4.78 is 5.26. The predicted octanol–water partition coefficient (Wildman–Crippen LogP) is 0.267. The molecule has 78 valence electrons. The Morgan fingerprint density at radius 2 is 2.23 bits per heavy atom. The molecule has 0 unspecified atom stereocenters. The first kappa shape index (κ1) is 12.4. The number of carbonyl (C=O) groups is 1. The van der Waals surface area contributed by atoms with Crippen molar-refractivity contribution in [3.05, 3.63) is 0 Å². The zero-order valence-electron chi connectivity index (χ0n) is 8.51. The zero-order chi connectivity index (χ0) is 10.1. The number of carbonyl (C=O) groups excluding carboxylic acids is 1. The average Bonchev–Trinajstić information content (AvgIpc) is 2.08. The number of ether oxygens (including phenoxy) is 1. The lowest BCUT2D eigenvalue weighted by molar-refractivity contribution is -0.121. The fourth-order valence-corrected chi connectivity index (χ4v) is 0.836. The van der Waals surface area contributed by atoms with Crippen LogP contribution in [0.1, 0.15) is 26.7 Å². The lowest BCUT2D eigenvalue weighted by Crippen LogP contribution is -2.28. The maximum Gasteiger partial charge on any atom is 0.220 e. The predicted molar refractivity (Wildman–Crippen MR) is 52.4 cm³/mol. The molecule has 4 nitrogen and oxygen atoms in total. The summed E-state index contributed by atoms with van der Waals surface area (Å²) in [6.45, 7) is 5.66. The second-order valence-electron chi connectivity index (χ2n) is 3.16. The number of hydrogen-bond acceptors (Lipinski definition) is 3. The van der Waals surface area contributed by atoms with Gasteiger partial charge in [0.1, 0.15) is 0 Å². The molecular weight excluding hydrogens is 168 g/mol. The largest absolute Gasteiger partial charge is 0.377 e. The molecule has 13 heavy (non-hydrogen) atoms. The summed E-state index contributed by atoms with van der Waals surface area (Å²) in [5.74, 6) is 0.0535. The Kier molecular flexibility index (Phi) is 7.63. The van der Waals surface area contributed by atoms with Crippen molar-refractivity contribution in [2.75, 3.05) is 19.7 Å². The van der Waals surface area contributed by atoms with Crippen LogP contribution in [0.3, 0.4) is 0 Å². The van der Waals surface area contributed by atoms with E-state index in [0.29, 0.717) is 26.1 Å². The highest BCUT2D eigenvalue weighted by Crippen LogP contribution is 1.87. The summed E-state index contributed by atoms with van der Waals surface area (Å²) in [4.78, 5) is 11.0. The molecule has 3 N–H and O–H groups in total. The van der Waals surface area contributed by atoms with E-state index >= 15 is 0 Å². The fraction of sp³-hybridized carbons (Fsp3) is 0.889. The van der Waals surface area contributed by atoms with Gasteiger partial charge in [-0.15, -0.1) is 0 Å². The Morgan fingerprint density at radius 1 is 1.54 bits per heavy atom. The van der Waals surface area contributed by atoms with Gasteiger partial charge in [0, 0.05) is 13.0 Å². The van der Waals surface area contributed by atoms with Gasteiger partial charge >= 0.3 is 0 Å². The third kappa shape index (κ3) is 9.30. The minimum absolute atomic E-state index is 0.0535. The van der Waals surface area contributed by atoms with E-state index < -0.39 is 0 Å². The molecule has 0 bridgehead atoms. The van der Waals surface area contributed by atoms with E-state index in [0.717, 1.165) is 6.42 Å². The lowest BCUT2D eigenvalue weighted by Gasteiger charge is -2.08. The third-order valence-corrected chi connectivity index (χ3v) is 1.48. The Balaban J connectivity index is 3.17. The number of amides is 1. The molecule has 0 spiro atoms. The number of nitrogens with one attached hydrogen (secondary N) is 1. The van der Waals surface area contributed by atoms with Crippen molar-refractivity contribution >= 4 is 5.91 Å². The van der Waals surface area contributed by atoms with E-state index in [-0.39, 0.29) is 12.0 Å². The van der Waals surface area contributed by atoms with Crippen LogP contribution >= 0.6 is 0 Å². The van der Waals surface area contributed by atoms with Crippen LogP contribution in [-0.4, -0.2) is 31.7 Å². The molecule has 0 aromatic carbocycles. The molecule has 1 amide bonds. The smallest absolute Gasteiger partial charge is 0.220 e. The average molecular weight is 188 g/mol. The molecule has 0 aromatic heterocycles. The quantitative estimate of drug-likeness (QED) is 0.563. The second-order valence-corrected chi connectivity index (χ2v) is 3.16. The number of nitrogens with two attached hydrogens (primary N) is 1. The summed E-state index contributed by atoms with van der Waals surface area (Å²) in [6.07, 6.45) is 1.48. The van der Waals surface area contributed by atoms with Gasteiger partial charge in [0.25, 0.3) is 0 Å². The molecule has 0 aromatic rings. The minimum Gasteiger partial charge on any atom is -0.377 e. The van der Waals surface area contributed by atoms with Crippen LogP contribution in [0.15, 0.2) is 0 Å². The van der Waals surface area contributed by atoms with Crippen LogP contribution < -0.4 is 11.1 Å². The maximum atomic E-state index is 11.0. The first-order valence-corrected chi connectivity index (χ1v) is 4.75. The molecule has 4 heteroatoms. The topological polar surface area (TPSA) is 64.3 Å². The van der Waals surface area contributed by atoms with Gasteiger partial charge in [-0.1, -0.05) is 0 Å². The van der Waals surface area contributed by atoms with Crippen LogP contribution in [0.2, 0.25) is 0 Å². The molecule has 0 saturated heterocycles. The molecular formula is C9H20N2O2. The van der Waals surface area contributed by atoms with Crippen LogP contribution in [-0.2, 0) is 9.53 Å². The van der Waals surface area contributed by atoms with Gasteiger partial charge in [0.05, 0.1) is 12.7 Å². The van der Waals surface area contributed by atoms with Gasteiger partial charge in [-0.25, -0.2) is 0 Å². The first-order chi connectivity index (χ1) is 6.16. The minimum atomic E-state index is 0.0535. The van der Waals surface area contributed by atoms with Crippen LogP contribution in [0.25, 0.3) is 0 Å². The van der Waals surface area contributed by atoms with Gasteiger partial charge in [0.15, 0.2) is 0 Å². The highest BCUT2D eigenvalue weighted by molar-refractivity contribution is 5.75. The first-order valence-electron chi connectivity index (χ1n) is 4.75. The van der Waals surface area contributed by atoms with Gasteiger partial charge in [-0.2, -0.15) is 0 Å². The molecule has 0 atom stereocenters. The molecule has 0 saturated carbocycles. The van der Waals surface area contributed by atoms with Crippen molar-refractivity contribution in [3.8, 4) is 0 Å². The SMILES string of the molecule is CC(C)OCCNC(=O)CCCN. The number of hydrogen-bond donors (Lipinski definition) is 2. The normalized spacial score (nSPS) is 10.5. The lowest BCUT2D eigenvalue weighted by atomic mass is 10.3. The summed E-state index contributed by atoms with van der Waals surface area (Å²) in [5.41, 5.74) is 5.27. The molecule has 0 radical (unpaired) electrons. The highest BCUT2D eigenvalue weighted by Gasteiger charge is 1.99. The summed E-state index contributed by atoms with van der Waals surface area (Å²) >= 11 is 0. The molecule has 0 rings (SSSR count). The van der Waals surface area contributed by atoms with Gasteiger partial charge in [0.2, 0.25) is 5.91 Å². The molecule has 0 aliphatic heterocycles. The Morgan fingerprint density at radius 3 is 2.77 bits per heavy atom. The van der Waals surface area contributed by atoms with Crippen molar-refractivity contribution in [3.63, 3.8) is 0 Å². The fourth-order valence-electron chi connectivity index (χ4n) is 0.836. The van der Waals surface area contributed by atoms with Crippen molar-refractivity contribution in [2.24, 2.45) is 5.73 Å². The summed E-state index contributed by atoms with van der Waals surface area (Å²) in [5, 5.41) is 2.75. The van der Waals surface area contributed by atoms with Crippen LogP contribution in [0, 0.1) is 0 Å². The Bertz CT molecular complexity index is 138. The molecule has 0 aliphatic carbocycles. The zero-order valence-corrected chi connectivity index (χ0v) is 8.51. The van der Waals surface area contributed by atoms with Crippen molar-refractivity contribution in [1.82, 2.24) is 5.32 Å². The van der Waals surface area contributed by atoms with E-state index in [4.69, 9.17) is 10.5 Å². The standard InChI is InChI=1S/C9H20N2O2/c1-8(2)13-7-6-11-9(12)4-3-5-10/h8H,3-7,10H2,1-2H3,(H,11,12). The highest BCUT2D eigenvalue weighted by atomic mass is 16.5. The van der Waals surface area contributed by atoms with E-state index in [1.54, 1.807) is 0 Å². The van der Waals surface area contributed by atoms with Gasteiger partial charge in [-0.05, 0) is 26.8 Å². The second kappa shape index (κ2) is 8.01. The van der Waals surface area contributed by atoms with Crippen LogP contribution in [0.4, 0.5) is 0 Å². The Labute approximate surface area is 79.8 Å². The molecule has 0 heterocycles. The monoisotopic (exact) mass is 188 g/mol. The van der Waals surface area contributed by atoms with E-state index in [2.05, 4.69) is 5.32 Å². The third-order valence-electron chi connectivity index (χ3n) is 1.48. The van der Waals surface area contributed by atoms with E-state index in [1.165, 1.54) is 0 Å².